The molecule has 0 fully saturated rings. The van der Waals surface area contributed by atoms with E-state index in [-0.39, 0.29) is 5.82 Å². The predicted molar refractivity (Wildman–Crippen MR) is 64.5 cm³/mol. The van der Waals surface area contributed by atoms with Crippen LogP contribution in [0.2, 0.25) is 0 Å². The van der Waals surface area contributed by atoms with E-state index in [0.717, 1.165) is 28.1 Å². The molecule has 0 amide bonds. The minimum absolute atomic E-state index is 0.243. The van der Waals surface area contributed by atoms with Crippen LogP contribution in [0.5, 0.6) is 0 Å². The molecule has 0 aliphatic carbocycles. The van der Waals surface area contributed by atoms with Crippen molar-refractivity contribution in [1.29, 1.82) is 0 Å². The lowest BCUT2D eigenvalue weighted by molar-refractivity contribution is 0.628. The Balaban J connectivity index is 2.47. The van der Waals surface area contributed by atoms with Crippen LogP contribution in [0, 0.1) is 5.82 Å². The van der Waals surface area contributed by atoms with Gasteiger partial charge in [0.05, 0.1) is 5.69 Å². The average molecular weight is 281 g/mol. The molecule has 0 unspecified atom stereocenters. The molecule has 2 rings (SSSR count). The summed E-state index contributed by atoms with van der Waals surface area (Å²) in [7, 11) is 0. The maximum Gasteiger partial charge on any atom is 0.130 e. The van der Waals surface area contributed by atoms with Crippen LogP contribution in [0.3, 0.4) is 0 Å². The zero-order valence-corrected chi connectivity index (χ0v) is 10.3. The molecule has 0 bridgehead atoms. The summed E-state index contributed by atoms with van der Waals surface area (Å²) < 4.78 is 13.5. The molecule has 0 radical (unpaired) electrons. The fourth-order valence-corrected chi connectivity index (χ4v) is 1.81. The van der Waals surface area contributed by atoms with Crippen LogP contribution < -0.4 is 0 Å². The molecule has 0 saturated carbocycles. The topological polar surface area (TPSA) is 25.8 Å². The van der Waals surface area contributed by atoms with Crippen molar-refractivity contribution >= 4 is 15.9 Å². The van der Waals surface area contributed by atoms with Crippen molar-refractivity contribution in [2.75, 3.05) is 0 Å². The van der Waals surface area contributed by atoms with Crippen molar-refractivity contribution in [3.8, 4) is 11.3 Å². The Labute approximate surface area is 102 Å². The fraction of sp³-hybridized carbons (Fsp3) is 0.167. The fourth-order valence-electron chi connectivity index (χ4n) is 1.39. The minimum Gasteiger partial charge on any atom is -0.233 e. The van der Waals surface area contributed by atoms with Gasteiger partial charge < -0.3 is 0 Å². The van der Waals surface area contributed by atoms with Crippen molar-refractivity contribution in [2.45, 2.75) is 13.3 Å². The summed E-state index contributed by atoms with van der Waals surface area (Å²) in [6.07, 6.45) is 0.771. The summed E-state index contributed by atoms with van der Waals surface area (Å²) in [5.41, 5.74) is 1.69. The van der Waals surface area contributed by atoms with Gasteiger partial charge in [-0.25, -0.2) is 14.4 Å². The molecule has 4 heteroatoms. The van der Waals surface area contributed by atoms with Gasteiger partial charge in [-0.15, -0.1) is 0 Å². The van der Waals surface area contributed by atoms with E-state index in [2.05, 4.69) is 25.9 Å². The average Bonchev–Trinajstić information content (AvgIpc) is 2.29. The maximum absolute atomic E-state index is 12.8. The summed E-state index contributed by atoms with van der Waals surface area (Å²) in [4.78, 5) is 8.62. The molecule has 0 aliphatic heterocycles. The molecule has 1 aromatic carbocycles. The van der Waals surface area contributed by atoms with Gasteiger partial charge in [-0.3, -0.25) is 0 Å². The number of benzene rings is 1. The van der Waals surface area contributed by atoms with E-state index < -0.39 is 0 Å². The lowest BCUT2D eigenvalue weighted by atomic mass is 10.1. The van der Waals surface area contributed by atoms with Crippen LogP contribution in [0.25, 0.3) is 11.3 Å². The lowest BCUT2D eigenvalue weighted by Gasteiger charge is -2.03. The summed E-state index contributed by atoms with van der Waals surface area (Å²) in [5.74, 6) is 0.529. The first kappa shape index (κ1) is 11.2. The zero-order chi connectivity index (χ0) is 11.5. The van der Waals surface area contributed by atoms with Crippen LogP contribution >= 0.6 is 15.9 Å². The Morgan fingerprint density at radius 3 is 2.50 bits per heavy atom. The highest BCUT2D eigenvalue weighted by Gasteiger charge is 2.04. The molecule has 0 spiro atoms. The summed E-state index contributed by atoms with van der Waals surface area (Å²) in [6, 6.07) is 8.10. The molecule has 0 saturated heterocycles. The van der Waals surface area contributed by atoms with E-state index in [1.54, 1.807) is 12.1 Å². The van der Waals surface area contributed by atoms with Crippen LogP contribution in [-0.4, -0.2) is 9.97 Å². The van der Waals surface area contributed by atoms with Crippen molar-refractivity contribution in [3.05, 3.63) is 46.6 Å². The molecule has 0 N–H and O–H groups in total. The third-order valence-corrected chi connectivity index (χ3v) is 2.60. The Kier molecular flexibility index (Phi) is 3.29. The van der Waals surface area contributed by atoms with Gasteiger partial charge in [0.2, 0.25) is 0 Å². The normalized spacial score (nSPS) is 10.4. The standard InChI is InChI=1S/C12H10BrFN2/c1-2-12-15-10(7-11(13)16-12)8-3-5-9(14)6-4-8/h3-7H,2H2,1H3. The molecule has 0 aliphatic rings. The molecule has 2 aromatic rings. The van der Waals surface area contributed by atoms with Gasteiger partial charge in [-0.2, -0.15) is 0 Å². The number of halogens is 2. The summed E-state index contributed by atoms with van der Waals surface area (Å²) in [5, 5.41) is 0. The second-order valence-electron chi connectivity index (χ2n) is 3.35. The number of nitrogens with zero attached hydrogens (tertiary/aromatic N) is 2. The van der Waals surface area contributed by atoms with Crippen molar-refractivity contribution < 1.29 is 4.39 Å². The number of aryl methyl sites for hydroxylation is 1. The minimum atomic E-state index is -0.243. The highest BCUT2D eigenvalue weighted by molar-refractivity contribution is 9.10. The second-order valence-corrected chi connectivity index (χ2v) is 4.17. The second kappa shape index (κ2) is 4.70. The number of aromatic nitrogens is 2. The van der Waals surface area contributed by atoms with Crippen molar-refractivity contribution in [2.24, 2.45) is 0 Å². The molecule has 0 atom stereocenters. The highest BCUT2D eigenvalue weighted by atomic mass is 79.9. The molecule has 82 valence electrons. The molecular formula is C12H10BrFN2. The summed E-state index contributed by atoms with van der Waals surface area (Å²) in [6.45, 7) is 2.00. The van der Waals surface area contributed by atoms with Crippen LogP contribution in [0.1, 0.15) is 12.7 Å². The molecule has 1 heterocycles. The first-order valence-corrected chi connectivity index (χ1v) is 5.77. The summed E-state index contributed by atoms with van der Waals surface area (Å²) >= 11 is 3.34. The largest absolute Gasteiger partial charge is 0.233 e. The van der Waals surface area contributed by atoms with E-state index in [9.17, 15) is 4.39 Å². The van der Waals surface area contributed by atoms with Crippen molar-refractivity contribution in [3.63, 3.8) is 0 Å². The SMILES string of the molecule is CCc1nc(Br)cc(-c2ccc(F)cc2)n1. The Bertz CT molecular complexity index is 497. The third kappa shape index (κ3) is 2.44. The maximum atomic E-state index is 12.8. The molecular weight excluding hydrogens is 271 g/mol. The van der Waals surface area contributed by atoms with Crippen LogP contribution in [0.15, 0.2) is 34.9 Å². The quantitative estimate of drug-likeness (QED) is 0.786. The van der Waals surface area contributed by atoms with Gasteiger partial charge in [-0.1, -0.05) is 6.92 Å². The van der Waals surface area contributed by atoms with E-state index in [0.29, 0.717) is 0 Å². The Hall–Kier alpha value is -1.29. The van der Waals surface area contributed by atoms with E-state index in [4.69, 9.17) is 0 Å². The monoisotopic (exact) mass is 280 g/mol. The van der Waals surface area contributed by atoms with E-state index in [1.807, 2.05) is 13.0 Å². The first-order valence-electron chi connectivity index (χ1n) is 4.98. The number of hydrogen-bond acceptors (Lipinski definition) is 2. The van der Waals surface area contributed by atoms with E-state index >= 15 is 0 Å². The van der Waals surface area contributed by atoms with Gasteiger partial charge >= 0.3 is 0 Å². The van der Waals surface area contributed by atoms with Crippen LogP contribution in [0.4, 0.5) is 4.39 Å². The predicted octanol–water partition coefficient (Wildman–Crippen LogP) is 3.61. The Morgan fingerprint density at radius 1 is 1.19 bits per heavy atom. The lowest BCUT2D eigenvalue weighted by Crippen LogP contribution is -1.95. The smallest absolute Gasteiger partial charge is 0.130 e. The zero-order valence-electron chi connectivity index (χ0n) is 8.74. The third-order valence-electron chi connectivity index (χ3n) is 2.20. The Morgan fingerprint density at radius 2 is 1.88 bits per heavy atom. The number of rotatable bonds is 2. The van der Waals surface area contributed by atoms with Gasteiger partial charge in [0.15, 0.2) is 0 Å². The van der Waals surface area contributed by atoms with Gasteiger partial charge in [0, 0.05) is 12.0 Å². The molecule has 2 nitrogen and oxygen atoms in total. The van der Waals surface area contributed by atoms with Gasteiger partial charge in [-0.05, 0) is 46.3 Å². The molecule has 1 aromatic heterocycles. The number of hydrogen-bond donors (Lipinski definition) is 0. The first-order chi connectivity index (χ1) is 7.69. The van der Waals surface area contributed by atoms with Gasteiger partial charge in [0.1, 0.15) is 16.2 Å². The van der Waals surface area contributed by atoms with Gasteiger partial charge in [0.25, 0.3) is 0 Å². The van der Waals surface area contributed by atoms with Crippen molar-refractivity contribution in [1.82, 2.24) is 9.97 Å². The van der Waals surface area contributed by atoms with Crippen LogP contribution in [-0.2, 0) is 6.42 Å². The highest BCUT2D eigenvalue weighted by Crippen LogP contribution is 2.20. The molecule has 16 heavy (non-hydrogen) atoms. The van der Waals surface area contributed by atoms with E-state index in [1.165, 1.54) is 12.1 Å².